The molecule has 0 heterocycles. The van der Waals surface area contributed by atoms with Crippen molar-refractivity contribution < 1.29 is 5.11 Å². The maximum Gasteiger partial charge on any atom is 0.0840 e. The van der Waals surface area contributed by atoms with Gasteiger partial charge in [-0.25, -0.2) is 0 Å². The average Bonchev–Trinajstić information content (AvgIpc) is 1.97. The van der Waals surface area contributed by atoms with E-state index in [0.29, 0.717) is 0 Å². The number of rotatable bonds is 1. The molecule has 72 valence electrons. The van der Waals surface area contributed by atoms with E-state index < -0.39 is 5.60 Å². The van der Waals surface area contributed by atoms with Crippen LogP contribution in [0.15, 0.2) is 12.1 Å². The van der Waals surface area contributed by atoms with Gasteiger partial charge in [0.2, 0.25) is 0 Å². The van der Waals surface area contributed by atoms with Crippen LogP contribution in [0.3, 0.4) is 0 Å². The van der Waals surface area contributed by atoms with Crippen molar-refractivity contribution in [1.29, 1.82) is 0 Å². The van der Waals surface area contributed by atoms with E-state index in [4.69, 9.17) is 5.73 Å². The molecule has 0 unspecified atom stereocenters. The number of aliphatic hydroxyl groups is 1. The van der Waals surface area contributed by atoms with Crippen LogP contribution in [0.2, 0.25) is 0 Å². The first-order valence-corrected chi connectivity index (χ1v) is 4.42. The minimum absolute atomic E-state index is 0.788. The van der Waals surface area contributed by atoms with Gasteiger partial charge in [0.25, 0.3) is 0 Å². The molecule has 0 fully saturated rings. The molecule has 0 atom stereocenters. The highest BCUT2D eigenvalue weighted by atomic mass is 16.3. The van der Waals surface area contributed by atoms with Crippen molar-refractivity contribution in [1.82, 2.24) is 0 Å². The van der Waals surface area contributed by atoms with Gasteiger partial charge in [0.1, 0.15) is 0 Å². The van der Waals surface area contributed by atoms with Gasteiger partial charge < -0.3 is 10.8 Å². The normalized spacial score (nSPS) is 11.8. The number of nitrogens with two attached hydrogens (primary N) is 1. The Morgan fingerprint density at radius 3 is 1.85 bits per heavy atom. The van der Waals surface area contributed by atoms with Crippen LogP contribution in [-0.2, 0) is 5.60 Å². The third-order valence-electron chi connectivity index (χ3n) is 2.30. The summed E-state index contributed by atoms with van der Waals surface area (Å²) < 4.78 is 0. The summed E-state index contributed by atoms with van der Waals surface area (Å²) in [5.41, 5.74) is 8.80. The lowest BCUT2D eigenvalue weighted by molar-refractivity contribution is 0.0785. The molecule has 0 aliphatic rings. The van der Waals surface area contributed by atoms with Crippen molar-refractivity contribution in [2.24, 2.45) is 0 Å². The highest BCUT2D eigenvalue weighted by Gasteiger charge is 2.17. The van der Waals surface area contributed by atoms with Crippen molar-refractivity contribution in [3.05, 3.63) is 28.8 Å². The lowest BCUT2D eigenvalue weighted by Gasteiger charge is -2.20. The maximum absolute atomic E-state index is 9.79. The molecular formula is C11H17NO. The van der Waals surface area contributed by atoms with Gasteiger partial charge in [0.05, 0.1) is 5.60 Å². The Kier molecular flexibility index (Phi) is 2.35. The minimum atomic E-state index is -0.788. The molecule has 0 radical (unpaired) electrons. The molecule has 0 aliphatic carbocycles. The lowest BCUT2D eigenvalue weighted by atomic mass is 9.94. The van der Waals surface area contributed by atoms with Crippen LogP contribution >= 0.6 is 0 Å². The van der Waals surface area contributed by atoms with E-state index in [9.17, 15) is 5.11 Å². The minimum Gasteiger partial charge on any atom is -0.398 e. The van der Waals surface area contributed by atoms with Crippen LogP contribution in [0.4, 0.5) is 5.69 Å². The van der Waals surface area contributed by atoms with Gasteiger partial charge in [-0.2, -0.15) is 0 Å². The van der Waals surface area contributed by atoms with E-state index in [-0.39, 0.29) is 0 Å². The second-order valence-corrected chi connectivity index (χ2v) is 4.08. The quantitative estimate of drug-likeness (QED) is 0.649. The molecular weight excluding hydrogens is 162 g/mol. The molecule has 0 bridgehead atoms. The standard InChI is InChI=1S/C11H17NO/c1-7-5-9(11(3,4)13)6-8(2)10(7)12/h5-6,13H,12H2,1-4H3. The number of aryl methyl sites for hydroxylation is 2. The number of benzene rings is 1. The van der Waals surface area contributed by atoms with Gasteiger partial charge in [0, 0.05) is 5.69 Å². The van der Waals surface area contributed by atoms with Crippen LogP contribution in [0.1, 0.15) is 30.5 Å². The van der Waals surface area contributed by atoms with Crippen molar-refractivity contribution >= 4 is 5.69 Å². The molecule has 1 aromatic carbocycles. The van der Waals surface area contributed by atoms with Crippen molar-refractivity contribution in [2.75, 3.05) is 5.73 Å². The Hall–Kier alpha value is -1.02. The predicted octanol–water partition coefficient (Wildman–Crippen LogP) is 2.11. The summed E-state index contributed by atoms with van der Waals surface area (Å²) in [4.78, 5) is 0. The number of nitrogen functional groups attached to an aromatic ring is 1. The molecule has 0 aliphatic heterocycles. The Morgan fingerprint density at radius 1 is 1.15 bits per heavy atom. The fourth-order valence-electron chi connectivity index (χ4n) is 1.33. The van der Waals surface area contributed by atoms with Crippen molar-refractivity contribution in [3.63, 3.8) is 0 Å². The smallest absolute Gasteiger partial charge is 0.0840 e. The molecule has 1 aromatic rings. The van der Waals surface area contributed by atoms with Gasteiger partial charge in [0.15, 0.2) is 0 Å². The van der Waals surface area contributed by atoms with Crippen molar-refractivity contribution in [3.8, 4) is 0 Å². The molecule has 0 saturated carbocycles. The second kappa shape index (κ2) is 3.04. The summed E-state index contributed by atoms with van der Waals surface area (Å²) in [5.74, 6) is 0. The van der Waals surface area contributed by atoms with Crippen LogP contribution in [0.25, 0.3) is 0 Å². The van der Waals surface area contributed by atoms with Crippen LogP contribution in [0, 0.1) is 13.8 Å². The number of anilines is 1. The fraction of sp³-hybridized carbons (Fsp3) is 0.455. The number of hydrogen-bond donors (Lipinski definition) is 2. The van der Waals surface area contributed by atoms with Gasteiger partial charge in [-0.3, -0.25) is 0 Å². The average molecular weight is 179 g/mol. The summed E-state index contributed by atoms with van der Waals surface area (Å²) in [6.07, 6.45) is 0. The summed E-state index contributed by atoms with van der Waals surface area (Å²) in [7, 11) is 0. The monoisotopic (exact) mass is 179 g/mol. The molecule has 2 heteroatoms. The molecule has 0 amide bonds. The predicted molar refractivity (Wildman–Crippen MR) is 55.6 cm³/mol. The molecule has 1 rings (SSSR count). The van der Waals surface area contributed by atoms with E-state index in [0.717, 1.165) is 22.4 Å². The Labute approximate surface area is 79.4 Å². The van der Waals surface area contributed by atoms with Crippen LogP contribution in [0.5, 0.6) is 0 Å². The zero-order valence-corrected chi connectivity index (χ0v) is 8.68. The van der Waals surface area contributed by atoms with Gasteiger partial charge in [-0.1, -0.05) is 12.1 Å². The Balaban J connectivity index is 3.29. The summed E-state index contributed by atoms with van der Waals surface area (Å²) in [6, 6.07) is 3.87. The van der Waals surface area contributed by atoms with Gasteiger partial charge in [-0.05, 0) is 44.4 Å². The third kappa shape index (κ3) is 2.01. The van der Waals surface area contributed by atoms with E-state index in [1.54, 1.807) is 13.8 Å². The largest absolute Gasteiger partial charge is 0.398 e. The number of hydrogen-bond acceptors (Lipinski definition) is 2. The summed E-state index contributed by atoms with van der Waals surface area (Å²) in [5, 5.41) is 9.79. The molecule has 0 saturated heterocycles. The second-order valence-electron chi connectivity index (χ2n) is 4.08. The van der Waals surface area contributed by atoms with E-state index >= 15 is 0 Å². The van der Waals surface area contributed by atoms with Crippen molar-refractivity contribution in [2.45, 2.75) is 33.3 Å². The van der Waals surface area contributed by atoms with E-state index in [1.165, 1.54) is 0 Å². The van der Waals surface area contributed by atoms with E-state index in [2.05, 4.69) is 0 Å². The summed E-state index contributed by atoms with van der Waals surface area (Å²) in [6.45, 7) is 7.46. The van der Waals surface area contributed by atoms with Gasteiger partial charge >= 0.3 is 0 Å². The first-order valence-electron chi connectivity index (χ1n) is 4.42. The molecule has 0 spiro atoms. The molecule has 2 nitrogen and oxygen atoms in total. The third-order valence-corrected chi connectivity index (χ3v) is 2.30. The summed E-state index contributed by atoms with van der Waals surface area (Å²) >= 11 is 0. The fourth-order valence-corrected chi connectivity index (χ4v) is 1.33. The lowest BCUT2D eigenvalue weighted by Crippen LogP contribution is -2.16. The zero-order chi connectivity index (χ0) is 10.2. The topological polar surface area (TPSA) is 46.2 Å². The maximum atomic E-state index is 9.79. The molecule has 13 heavy (non-hydrogen) atoms. The first kappa shape index (κ1) is 10.1. The van der Waals surface area contributed by atoms with Crippen LogP contribution in [-0.4, -0.2) is 5.11 Å². The zero-order valence-electron chi connectivity index (χ0n) is 8.68. The van der Waals surface area contributed by atoms with E-state index in [1.807, 2.05) is 26.0 Å². The molecule has 3 N–H and O–H groups in total. The Morgan fingerprint density at radius 2 is 1.54 bits per heavy atom. The molecule has 0 aromatic heterocycles. The van der Waals surface area contributed by atoms with Gasteiger partial charge in [-0.15, -0.1) is 0 Å². The highest BCUT2D eigenvalue weighted by molar-refractivity contribution is 5.55. The SMILES string of the molecule is Cc1cc(C(C)(C)O)cc(C)c1N. The first-order chi connectivity index (χ1) is 5.82. The Bertz CT molecular complexity index is 300. The van der Waals surface area contributed by atoms with Crippen LogP contribution < -0.4 is 5.73 Å². The highest BCUT2D eigenvalue weighted by Crippen LogP contribution is 2.26.